The summed E-state index contributed by atoms with van der Waals surface area (Å²) in [6, 6.07) is 11.8. The largest absolute Gasteiger partial charge is 0.755 e. The summed E-state index contributed by atoms with van der Waals surface area (Å²) in [6.07, 6.45) is 5.25. The van der Waals surface area contributed by atoms with E-state index in [-0.39, 0.29) is 12.6 Å². The zero-order chi connectivity index (χ0) is 25.3. The van der Waals surface area contributed by atoms with E-state index in [2.05, 4.69) is 37.5 Å². The summed E-state index contributed by atoms with van der Waals surface area (Å²) in [5.41, 5.74) is 3.17. The van der Waals surface area contributed by atoms with E-state index in [1.807, 2.05) is 35.8 Å². The Morgan fingerprint density at radius 3 is 2.81 bits per heavy atom. The molecule has 0 aliphatic rings. The minimum Gasteiger partial charge on any atom is -0.755 e. The third kappa shape index (κ3) is 7.00. The van der Waals surface area contributed by atoms with Gasteiger partial charge >= 0.3 is 0 Å². The van der Waals surface area contributed by atoms with E-state index in [0.29, 0.717) is 29.5 Å². The second-order valence-electron chi connectivity index (χ2n) is 8.37. The van der Waals surface area contributed by atoms with Gasteiger partial charge in [-0.05, 0) is 37.3 Å². The number of fused-ring (bicyclic) bond motifs is 1. The van der Waals surface area contributed by atoms with Crippen molar-refractivity contribution in [2.75, 3.05) is 22.0 Å². The molecule has 12 heteroatoms. The van der Waals surface area contributed by atoms with E-state index in [4.69, 9.17) is 4.98 Å². The first-order valence-corrected chi connectivity index (χ1v) is 13.8. The minimum atomic E-state index is -2.31. The molecular weight excluding hydrogens is 498 g/mol. The summed E-state index contributed by atoms with van der Waals surface area (Å²) in [5.74, 6) is 1.10. The fourth-order valence-corrected chi connectivity index (χ4v) is 5.03. The van der Waals surface area contributed by atoms with Gasteiger partial charge in [0.2, 0.25) is 5.95 Å². The number of aliphatic hydroxyl groups is 1. The first-order chi connectivity index (χ1) is 17.6. The van der Waals surface area contributed by atoms with Crippen LogP contribution < -0.4 is 15.4 Å². The van der Waals surface area contributed by atoms with Crippen molar-refractivity contribution >= 4 is 51.2 Å². The summed E-state index contributed by atoms with van der Waals surface area (Å²) in [7, 11) is 0. The minimum absolute atomic E-state index is 0.00534. The van der Waals surface area contributed by atoms with E-state index in [9.17, 15) is 13.9 Å². The molecule has 0 saturated carbocycles. The molecule has 4 N–H and O–H groups in total. The number of benzene rings is 1. The number of hydrogen-bond donors (Lipinski definition) is 4. The van der Waals surface area contributed by atoms with Crippen LogP contribution in [-0.2, 0) is 30.8 Å². The van der Waals surface area contributed by atoms with Crippen LogP contribution in [-0.4, -0.2) is 46.0 Å². The average Bonchev–Trinajstić information content (AvgIpc) is 3.50. The van der Waals surface area contributed by atoms with Crippen LogP contribution in [0, 0.1) is 0 Å². The van der Waals surface area contributed by atoms with E-state index >= 15 is 0 Å². The first-order valence-electron chi connectivity index (χ1n) is 11.9. The lowest BCUT2D eigenvalue weighted by molar-refractivity contribution is 0.271. The fourth-order valence-electron chi connectivity index (χ4n) is 3.78. The van der Waals surface area contributed by atoms with Gasteiger partial charge in [0.1, 0.15) is 0 Å². The van der Waals surface area contributed by atoms with Crippen molar-refractivity contribution in [3.63, 3.8) is 0 Å². The van der Waals surface area contributed by atoms with Gasteiger partial charge in [-0.3, -0.25) is 4.21 Å². The Morgan fingerprint density at radius 2 is 2.06 bits per heavy atom. The molecule has 3 aromatic heterocycles. The number of anilines is 3. The molecule has 0 fully saturated rings. The number of rotatable bonds is 14. The maximum Gasteiger partial charge on any atom is 0.227 e. The van der Waals surface area contributed by atoms with Crippen molar-refractivity contribution in [2.45, 2.75) is 51.7 Å². The number of aryl methyl sites for hydroxylation is 2. The number of imidazole rings is 1. The molecule has 4 rings (SSSR count). The summed E-state index contributed by atoms with van der Waals surface area (Å²) < 4.78 is 26.0. The van der Waals surface area contributed by atoms with Crippen LogP contribution >= 0.6 is 11.3 Å². The molecule has 0 saturated heterocycles. The van der Waals surface area contributed by atoms with Gasteiger partial charge in [-0.25, -0.2) is 4.98 Å². The predicted molar refractivity (Wildman–Crippen MR) is 144 cm³/mol. The Kier molecular flexibility index (Phi) is 9.23. The van der Waals surface area contributed by atoms with Crippen molar-refractivity contribution in [3.8, 4) is 0 Å². The predicted octanol–water partition coefficient (Wildman–Crippen LogP) is 3.91. The second kappa shape index (κ2) is 12.8. The molecule has 10 nitrogen and oxygen atoms in total. The molecule has 3 heterocycles. The highest BCUT2D eigenvalue weighted by atomic mass is 32.2. The molecule has 0 spiro atoms. The lowest BCUT2D eigenvalue weighted by Crippen LogP contribution is -2.24. The molecule has 0 bridgehead atoms. The normalized spacial score (nSPS) is 13.0. The van der Waals surface area contributed by atoms with Crippen molar-refractivity contribution in [3.05, 3.63) is 58.5 Å². The van der Waals surface area contributed by atoms with Gasteiger partial charge in [-0.2, -0.15) is 9.97 Å². The van der Waals surface area contributed by atoms with E-state index in [1.165, 1.54) is 0 Å². The maximum absolute atomic E-state index is 10.8. The van der Waals surface area contributed by atoms with E-state index in [1.54, 1.807) is 23.0 Å². The second-order valence-corrected chi connectivity index (χ2v) is 10.0. The highest BCUT2D eigenvalue weighted by Gasteiger charge is 2.15. The van der Waals surface area contributed by atoms with Crippen LogP contribution in [0.1, 0.15) is 36.6 Å². The zero-order valence-corrected chi connectivity index (χ0v) is 21.6. The van der Waals surface area contributed by atoms with Crippen LogP contribution in [0.5, 0.6) is 0 Å². The number of unbranched alkanes of at least 4 members (excludes halogenated alkanes) is 1. The summed E-state index contributed by atoms with van der Waals surface area (Å²) in [4.78, 5) is 15.1. The average molecular weight is 529 g/mol. The Hall–Kier alpha value is -3.06. The van der Waals surface area contributed by atoms with Gasteiger partial charge in [0, 0.05) is 34.6 Å². The number of aromatic nitrogens is 4. The fraction of sp³-hybridized carbons (Fsp3) is 0.375. The van der Waals surface area contributed by atoms with Gasteiger partial charge in [-0.1, -0.05) is 37.3 Å². The van der Waals surface area contributed by atoms with Crippen LogP contribution in [0.2, 0.25) is 0 Å². The van der Waals surface area contributed by atoms with Crippen molar-refractivity contribution in [1.29, 1.82) is 0 Å². The number of aliphatic hydroxyl groups excluding tert-OH is 1. The number of nitrogens with zero attached hydrogens (tertiary/aromatic N) is 4. The molecule has 0 radical (unpaired) electrons. The number of nitrogens with one attached hydrogen (secondary N) is 3. The molecule has 0 aliphatic carbocycles. The lowest BCUT2D eigenvalue weighted by atomic mass is 10.2. The highest BCUT2D eigenvalue weighted by Crippen LogP contribution is 2.24. The van der Waals surface area contributed by atoms with Gasteiger partial charge < -0.3 is 29.6 Å². The Bertz CT molecular complexity index is 1280. The lowest BCUT2D eigenvalue weighted by Gasteiger charge is -2.15. The van der Waals surface area contributed by atoms with Gasteiger partial charge in [0.15, 0.2) is 17.0 Å². The monoisotopic (exact) mass is 528 g/mol. The maximum atomic E-state index is 10.8. The molecular formula is C24H30N7O3S2-. The summed E-state index contributed by atoms with van der Waals surface area (Å²) in [6.45, 7) is 3.34. The quantitative estimate of drug-likeness (QED) is 0.143. The van der Waals surface area contributed by atoms with Crippen molar-refractivity contribution < 1.29 is 13.9 Å². The van der Waals surface area contributed by atoms with E-state index < -0.39 is 11.3 Å². The molecule has 0 amide bonds. The highest BCUT2D eigenvalue weighted by molar-refractivity contribution is 7.80. The molecule has 0 aliphatic heterocycles. The van der Waals surface area contributed by atoms with Crippen molar-refractivity contribution in [1.82, 2.24) is 19.5 Å². The Balaban J connectivity index is 1.46. The molecule has 2 atom stereocenters. The topological polar surface area (TPSA) is 140 Å². The van der Waals surface area contributed by atoms with Gasteiger partial charge in [0.05, 0.1) is 24.7 Å². The Morgan fingerprint density at radius 1 is 1.22 bits per heavy atom. The standard InChI is InChI=1S/C24H31N7O3S2/c1-2-18(14-32)27-24-28-22(25-13-17-8-4-3-5-9-17)21-23(29-24)31(16-26-21)11-7-6-10-20-12-19(15-35-20)30-36(33)34/h3-5,8-9,12,15-16,18,30,32H,2,6-7,10-11,13-14H2,1H3,(H,33,34)(H2,25,27,28,29)/p-1/t18-/m1/s1. The van der Waals surface area contributed by atoms with Crippen LogP contribution in [0.15, 0.2) is 48.1 Å². The zero-order valence-electron chi connectivity index (χ0n) is 20.0. The third-order valence-corrected chi connectivity index (χ3v) is 7.14. The molecule has 36 heavy (non-hydrogen) atoms. The summed E-state index contributed by atoms with van der Waals surface area (Å²) >= 11 is -0.759. The third-order valence-electron chi connectivity index (χ3n) is 5.74. The Labute approximate surface area is 216 Å². The molecule has 1 unspecified atom stereocenters. The van der Waals surface area contributed by atoms with Gasteiger partial charge in [-0.15, -0.1) is 11.3 Å². The van der Waals surface area contributed by atoms with Crippen LogP contribution in [0.25, 0.3) is 11.2 Å². The van der Waals surface area contributed by atoms with Crippen LogP contribution in [0.4, 0.5) is 17.5 Å². The van der Waals surface area contributed by atoms with Gasteiger partial charge in [0.25, 0.3) is 0 Å². The van der Waals surface area contributed by atoms with E-state index in [0.717, 1.165) is 48.3 Å². The smallest absolute Gasteiger partial charge is 0.227 e. The first kappa shape index (κ1) is 26.0. The molecule has 192 valence electrons. The SMILES string of the molecule is CC[C@H](CO)Nc1nc(NCc2ccccc2)c2ncn(CCCCc3cc(NS(=O)[O-])cs3)c2n1. The molecule has 4 aromatic rings. The number of thiophene rings is 1. The number of hydrogen-bond acceptors (Lipinski definition) is 9. The van der Waals surface area contributed by atoms with Crippen molar-refractivity contribution in [2.24, 2.45) is 0 Å². The van der Waals surface area contributed by atoms with Crippen LogP contribution in [0.3, 0.4) is 0 Å². The molecule has 1 aromatic carbocycles. The summed E-state index contributed by atoms with van der Waals surface area (Å²) in [5, 5.41) is 18.1.